The zero-order valence-electron chi connectivity index (χ0n) is 11.4. The molecule has 0 aliphatic heterocycles. The second kappa shape index (κ2) is 6.45. The van der Waals surface area contributed by atoms with Crippen molar-refractivity contribution in [1.82, 2.24) is 9.97 Å². The molecule has 2 heterocycles. The second-order valence-electron chi connectivity index (χ2n) is 4.73. The van der Waals surface area contributed by atoms with Crippen molar-refractivity contribution in [3.8, 4) is 0 Å². The van der Waals surface area contributed by atoms with Crippen molar-refractivity contribution in [2.45, 2.75) is 45.7 Å². The number of aryl methyl sites for hydroxylation is 1. The van der Waals surface area contributed by atoms with E-state index in [9.17, 15) is 14.0 Å². The quantitative estimate of drug-likeness (QED) is 0.825. The number of fused-ring (bicyclic) bond motifs is 1. The van der Waals surface area contributed by atoms with Gasteiger partial charge < -0.3 is 9.40 Å². The number of nitrogens with one attached hydrogen (secondary N) is 1. The van der Waals surface area contributed by atoms with Crippen LogP contribution in [0, 0.1) is 0 Å². The third-order valence-corrected chi connectivity index (χ3v) is 3.17. The van der Waals surface area contributed by atoms with Crippen LogP contribution >= 0.6 is 0 Å². The minimum absolute atomic E-state index is 0.0839. The van der Waals surface area contributed by atoms with Crippen LogP contribution in [0.5, 0.6) is 0 Å². The number of aromatic amines is 1. The van der Waals surface area contributed by atoms with Gasteiger partial charge in [0.05, 0.1) is 0 Å². The van der Waals surface area contributed by atoms with Gasteiger partial charge in [-0.05, 0) is 18.4 Å². The summed E-state index contributed by atoms with van der Waals surface area (Å²) in [6.45, 7) is 1.20. The van der Waals surface area contributed by atoms with E-state index in [2.05, 4.69) is 16.9 Å². The van der Waals surface area contributed by atoms with Gasteiger partial charge in [0, 0.05) is 6.07 Å². The van der Waals surface area contributed by atoms with Crippen LogP contribution in [0.3, 0.4) is 0 Å². The number of nitrogens with zero attached hydrogens (tertiary/aromatic N) is 1. The maximum Gasteiger partial charge on any atom is 0.337 e. The average molecular weight is 280 g/mol. The van der Waals surface area contributed by atoms with E-state index in [0.717, 1.165) is 25.7 Å². The predicted octanol–water partition coefficient (Wildman–Crippen LogP) is 2.47. The lowest BCUT2D eigenvalue weighted by Crippen LogP contribution is -2.15. The highest BCUT2D eigenvalue weighted by molar-refractivity contribution is 5.75. The first-order valence-corrected chi connectivity index (χ1v) is 6.77. The number of unbranched alkanes of at least 4 members (excludes halogenated alkanes) is 3. The van der Waals surface area contributed by atoms with Gasteiger partial charge in [-0.15, -0.1) is 0 Å². The monoisotopic (exact) mass is 280 g/mol. The van der Waals surface area contributed by atoms with Crippen molar-refractivity contribution in [1.29, 1.82) is 0 Å². The molecule has 0 aliphatic rings. The normalized spacial score (nSPS) is 11.1. The summed E-state index contributed by atoms with van der Waals surface area (Å²) in [5.74, 6) is -0.131. The van der Waals surface area contributed by atoms with E-state index in [0.29, 0.717) is 12.0 Å². The molecule has 0 saturated heterocycles. The summed E-state index contributed by atoms with van der Waals surface area (Å²) in [5, 5.41) is 0.248. The first-order chi connectivity index (χ1) is 9.65. The van der Waals surface area contributed by atoms with Gasteiger partial charge in [0.1, 0.15) is 17.9 Å². The van der Waals surface area contributed by atoms with Crippen LogP contribution in [0.1, 0.15) is 44.0 Å². The molecule has 0 spiro atoms. The lowest BCUT2D eigenvalue weighted by molar-refractivity contribution is 0.460. The summed E-state index contributed by atoms with van der Waals surface area (Å²) in [6.07, 6.45) is 4.75. The predicted molar refractivity (Wildman–Crippen MR) is 73.6 cm³/mol. The molecule has 0 atom stereocenters. The van der Waals surface area contributed by atoms with Gasteiger partial charge in [-0.3, -0.25) is 4.79 Å². The standard InChI is InChI=1S/C14H17FN2O3/c1-2-3-4-5-6-9-7-11(18)20-14-12(9)13(19)16-10(8-15)17-14/h7H,2-6,8H2,1H3,(H,16,17,19). The minimum Gasteiger partial charge on any atom is -0.403 e. The Kier molecular flexibility index (Phi) is 4.65. The number of rotatable bonds is 6. The first kappa shape index (κ1) is 14.4. The summed E-state index contributed by atoms with van der Waals surface area (Å²) in [6, 6.07) is 1.32. The Hall–Kier alpha value is -1.98. The molecule has 0 amide bonds. The van der Waals surface area contributed by atoms with Crippen LogP contribution in [-0.2, 0) is 13.1 Å². The SMILES string of the molecule is CCCCCCc1cc(=O)oc2nc(CF)[nH]c(=O)c12. The lowest BCUT2D eigenvalue weighted by atomic mass is 10.1. The minimum atomic E-state index is -0.907. The number of H-pyrrole nitrogens is 1. The molecular formula is C14H17FN2O3. The van der Waals surface area contributed by atoms with Crippen LogP contribution in [-0.4, -0.2) is 9.97 Å². The highest BCUT2D eigenvalue weighted by Gasteiger charge is 2.12. The number of hydrogen-bond acceptors (Lipinski definition) is 4. The third-order valence-electron chi connectivity index (χ3n) is 3.17. The summed E-state index contributed by atoms with van der Waals surface area (Å²) in [7, 11) is 0. The zero-order chi connectivity index (χ0) is 14.5. The average Bonchev–Trinajstić information content (AvgIpc) is 2.42. The molecule has 2 aromatic heterocycles. The van der Waals surface area contributed by atoms with Gasteiger partial charge in [-0.25, -0.2) is 9.18 Å². The fourth-order valence-electron chi connectivity index (χ4n) is 2.20. The van der Waals surface area contributed by atoms with Crippen LogP contribution in [0.2, 0.25) is 0 Å². The van der Waals surface area contributed by atoms with E-state index in [1.807, 2.05) is 0 Å². The number of hydrogen-bond donors (Lipinski definition) is 1. The molecule has 0 unspecified atom stereocenters. The van der Waals surface area contributed by atoms with Gasteiger partial charge in [0.2, 0.25) is 5.71 Å². The Morgan fingerprint density at radius 2 is 2.10 bits per heavy atom. The lowest BCUT2D eigenvalue weighted by Gasteiger charge is -2.04. The molecule has 1 N–H and O–H groups in total. The highest BCUT2D eigenvalue weighted by atomic mass is 19.1. The summed E-state index contributed by atoms with van der Waals surface area (Å²) in [5.41, 5.74) is -0.492. The van der Waals surface area contributed by atoms with Crippen molar-refractivity contribution >= 4 is 11.1 Å². The van der Waals surface area contributed by atoms with Crippen molar-refractivity contribution in [3.63, 3.8) is 0 Å². The summed E-state index contributed by atoms with van der Waals surface area (Å²) >= 11 is 0. The van der Waals surface area contributed by atoms with Gasteiger partial charge >= 0.3 is 5.63 Å². The molecule has 0 fully saturated rings. The Balaban J connectivity index is 2.43. The molecule has 0 aliphatic carbocycles. The molecule has 6 heteroatoms. The van der Waals surface area contributed by atoms with Crippen LogP contribution in [0.15, 0.2) is 20.1 Å². The van der Waals surface area contributed by atoms with E-state index in [4.69, 9.17) is 4.42 Å². The van der Waals surface area contributed by atoms with E-state index >= 15 is 0 Å². The van der Waals surface area contributed by atoms with E-state index in [-0.39, 0.29) is 16.9 Å². The fraction of sp³-hybridized carbons (Fsp3) is 0.500. The molecule has 0 radical (unpaired) electrons. The molecule has 2 rings (SSSR count). The van der Waals surface area contributed by atoms with Gasteiger partial charge in [-0.1, -0.05) is 26.2 Å². The van der Waals surface area contributed by atoms with Crippen molar-refractivity contribution in [2.24, 2.45) is 0 Å². The number of halogens is 1. The Bertz CT molecular complexity index is 706. The molecule has 0 saturated carbocycles. The third kappa shape index (κ3) is 3.12. The molecular weight excluding hydrogens is 263 g/mol. The topological polar surface area (TPSA) is 76.0 Å². The highest BCUT2D eigenvalue weighted by Crippen LogP contribution is 2.14. The van der Waals surface area contributed by atoms with Crippen molar-refractivity contribution < 1.29 is 8.81 Å². The smallest absolute Gasteiger partial charge is 0.337 e. The van der Waals surface area contributed by atoms with E-state index in [1.54, 1.807) is 0 Å². The Morgan fingerprint density at radius 3 is 2.80 bits per heavy atom. The largest absolute Gasteiger partial charge is 0.403 e. The van der Waals surface area contributed by atoms with Crippen molar-refractivity contribution in [2.75, 3.05) is 0 Å². The first-order valence-electron chi connectivity index (χ1n) is 6.77. The Morgan fingerprint density at radius 1 is 1.30 bits per heavy atom. The fourth-order valence-corrected chi connectivity index (χ4v) is 2.20. The number of aromatic nitrogens is 2. The van der Waals surface area contributed by atoms with Crippen LogP contribution < -0.4 is 11.2 Å². The Labute approximate surface area is 114 Å². The number of alkyl halides is 1. The summed E-state index contributed by atoms with van der Waals surface area (Å²) in [4.78, 5) is 29.6. The summed E-state index contributed by atoms with van der Waals surface area (Å²) < 4.78 is 17.5. The zero-order valence-corrected chi connectivity index (χ0v) is 11.4. The maximum atomic E-state index is 12.6. The molecule has 0 aromatic carbocycles. The molecule has 108 valence electrons. The van der Waals surface area contributed by atoms with Crippen LogP contribution in [0.4, 0.5) is 4.39 Å². The van der Waals surface area contributed by atoms with Crippen LogP contribution in [0.25, 0.3) is 11.1 Å². The molecule has 0 bridgehead atoms. The second-order valence-corrected chi connectivity index (χ2v) is 4.73. The maximum absolute atomic E-state index is 12.6. The van der Waals surface area contributed by atoms with Gasteiger partial charge in [0.15, 0.2) is 0 Å². The van der Waals surface area contributed by atoms with Crippen molar-refractivity contribution in [3.05, 3.63) is 38.2 Å². The van der Waals surface area contributed by atoms with E-state index in [1.165, 1.54) is 6.07 Å². The van der Waals surface area contributed by atoms with Gasteiger partial charge in [0.25, 0.3) is 5.56 Å². The van der Waals surface area contributed by atoms with E-state index < -0.39 is 17.9 Å². The molecule has 2 aromatic rings. The molecule has 20 heavy (non-hydrogen) atoms. The molecule has 5 nitrogen and oxygen atoms in total. The van der Waals surface area contributed by atoms with Gasteiger partial charge in [-0.2, -0.15) is 4.98 Å².